The molecule has 1 aromatic carbocycles. The van der Waals surface area contributed by atoms with E-state index in [0.29, 0.717) is 0 Å². The van der Waals surface area contributed by atoms with Crippen molar-refractivity contribution in [3.8, 4) is 0 Å². The van der Waals surface area contributed by atoms with Crippen LogP contribution in [0, 0.1) is 6.92 Å². The van der Waals surface area contributed by atoms with Gasteiger partial charge in [-0.2, -0.15) is 11.8 Å². The first-order valence-electron chi connectivity index (χ1n) is 7.70. The van der Waals surface area contributed by atoms with Crippen LogP contribution in [0.1, 0.15) is 30.7 Å². The second-order valence-electron chi connectivity index (χ2n) is 5.61. The Labute approximate surface area is 130 Å². The van der Waals surface area contributed by atoms with Gasteiger partial charge in [-0.3, -0.25) is 0 Å². The molecule has 0 radical (unpaired) electrons. The van der Waals surface area contributed by atoms with Gasteiger partial charge >= 0.3 is 0 Å². The second kappa shape index (κ2) is 6.86. The summed E-state index contributed by atoms with van der Waals surface area (Å²) in [6.45, 7) is 6.10. The van der Waals surface area contributed by atoms with Crippen molar-refractivity contribution >= 4 is 22.7 Å². The second-order valence-corrected chi connectivity index (χ2v) is 6.76. The van der Waals surface area contributed by atoms with Crippen LogP contribution >= 0.6 is 11.8 Å². The molecule has 1 aliphatic heterocycles. The van der Waals surface area contributed by atoms with Crippen molar-refractivity contribution in [2.24, 2.45) is 0 Å². The quantitative estimate of drug-likeness (QED) is 0.908. The van der Waals surface area contributed by atoms with E-state index in [-0.39, 0.29) is 12.1 Å². The third-order valence-electron chi connectivity index (χ3n) is 3.83. The number of fused-ring (bicyclic) bond motifs is 1. The molecule has 0 amide bonds. The van der Waals surface area contributed by atoms with Crippen LogP contribution < -0.4 is 5.32 Å². The van der Waals surface area contributed by atoms with Crippen molar-refractivity contribution in [2.75, 3.05) is 24.7 Å². The summed E-state index contributed by atoms with van der Waals surface area (Å²) in [5, 5.41) is 4.78. The van der Waals surface area contributed by atoms with Crippen molar-refractivity contribution in [3.63, 3.8) is 0 Å². The molecule has 2 unspecified atom stereocenters. The fraction of sp³-hybridized carbons (Fsp3) is 0.529. The molecule has 2 heterocycles. The van der Waals surface area contributed by atoms with E-state index >= 15 is 0 Å². The summed E-state index contributed by atoms with van der Waals surface area (Å²) < 4.78 is 12.1. The Morgan fingerprint density at radius 2 is 2.29 bits per heavy atom. The average molecular weight is 305 g/mol. The Morgan fingerprint density at radius 1 is 1.38 bits per heavy atom. The maximum atomic E-state index is 6.08. The van der Waals surface area contributed by atoms with Gasteiger partial charge in [-0.1, -0.05) is 18.6 Å². The normalized spacial score (nSPS) is 20.8. The van der Waals surface area contributed by atoms with Crippen LogP contribution in [0.4, 0.5) is 0 Å². The minimum Gasteiger partial charge on any atom is -0.459 e. The highest BCUT2D eigenvalue weighted by atomic mass is 32.2. The van der Waals surface area contributed by atoms with Crippen LogP contribution in [0.25, 0.3) is 11.0 Å². The van der Waals surface area contributed by atoms with E-state index in [4.69, 9.17) is 9.15 Å². The maximum Gasteiger partial charge on any atom is 0.134 e. The maximum absolute atomic E-state index is 6.08. The van der Waals surface area contributed by atoms with Crippen LogP contribution in [0.15, 0.2) is 28.7 Å². The van der Waals surface area contributed by atoms with E-state index in [2.05, 4.69) is 43.4 Å². The number of hydrogen-bond acceptors (Lipinski definition) is 4. The minimum absolute atomic E-state index is 0.144. The molecular formula is C17H23NO2S. The Balaban J connectivity index is 1.88. The van der Waals surface area contributed by atoms with E-state index in [1.807, 2.05) is 11.8 Å². The number of thioether (sulfide) groups is 1. The van der Waals surface area contributed by atoms with Gasteiger partial charge in [0.1, 0.15) is 11.3 Å². The number of aryl methyl sites for hydroxylation is 1. The van der Waals surface area contributed by atoms with Gasteiger partial charge in [0.2, 0.25) is 0 Å². The number of nitrogens with one attached hydrogen (secondary N) is 1. The standard InChI is InChI=1S/C17H23NO2S/c1-3-6-18-17(16-11-21-8-7-19-16)15-10-13-9-12(2)4-5-14(13)20-15/h4-5,9-10,16-18H,3,6-8,11H2,1-2H3. The van der Waals surface area contributed by atoms with E-state index < -0.39 is 0 Å². The molecule has 2 atom stereocenters. The molecule has 114 valence electrons. The molecule has 1 saturated heterocycles. The lowest BCUT2D eigenvalue weighted by Crippen LogP contribution is -2.38. The predicted molar refractivity (Wildman–Crippen MR) is 89.1 cm³/mol. The van der Waals surface area contributed by atoms with Crippen LogP contribution in [-0.4, -0.2) is 30.8 Å². The SMILES string of the molecule is CCCNC(c1cc2cc(C)ccc2o1)C1CSCCO1. The fourth-order valence-corrected chi connectivity index (χ4v) is 3.65. The number of benzene rings is 1. The first-order chi connectivity index (χ1) is 10.3. The van der Waals surface area contributed by atoms with Gasteiger partial charge in [0.25, 0.3) is 0 Å². The molecule has 1 aromatic heterocycles. The zero-order valence-corrected chi connectivity index (χ0v) is 13.5. The minimum atomic E-state index is 0.144. The Kier molecular flexibility index (Phi) is 4.88. The molecular weight excluding hydrogens is 282 g/mol. The first kappa shape index (κ1) is 14.9. The van der Waals surface area contributed by atoms with Gasteiger partial charge in [0.05, 0.1) is 18.8 Å². The van der Waals surface area contributed by atoms with Crippen molar-refractivity contribution < 1.29 is 9.15 Å². The number of rotatable bonds is 5. The molecule has 0 bridgehead atoms. The summed E-state index contributed by atoms with van der Waals surface area (Å²) in [7, 11) is 0. The van der Waals surface area contributed by atoms with Crippen molar-refractivity contribution in [1.82, 2.24) is 5.32 Å². The summed E-state index contributed by atoms with van der Waals surface area (Å²) in [6.07, 6.45) is 1.30. The highest BCUT2D eigenvalue weighted by Crippen LogP contribution is 2.30. The Bertz CT molecular complexity index is 589. The number of furan rings is 1. The smallest absolute Gasteiger partial charge is 0.134 e. The summed E-state index contributed by atoms with van der Waals surface area (Å²) in [5.74, 6) is 3.12. The summed E-state index contributed by atoms with van der Waals surface area (Å²) in [5.41, 5.74) is 2.22. The molecule has 1 N–H and O–H groups in total. The summed E-state index contributed by atoms with van der Waals surface area (Å²) >= 11 is 1.96. The van der Waals surface area contributed by atoms with Crippen molar-refractivity contribution in [1.29, 1.82) is 0 Å². The van der Waals surface area contributed by atoms with E-state index in [0.717, 1.165) is 42.4 Å². The number of hydrogen-bond donors (Lipinski definition) is 1. The largest absolute Gasteiger partial charge is 0.459 e. The van der Waals surface area contributed by atoms with Crippen LogP contribution in [-0.2, 0) is 4.74 Å². The van der Waals surface area contributed by atoms with Crippen LogP contribution in [0.5, 0.6) is 0 Å². The van der Waals surface area contributed by atoms with Crippen molar-refractivity contribution in [2.45, 2.75) is 32.4 Å². The van der Waals surface area contributed by atoms with Gasteiger partial charge in [0.15, 0.2) is 0 Å². The monoisotopic (exact) mass is 305 g/mol. The molecule has 0 spiro atoms. The molecule has 0 aliphatic carbocycles. The predicted octanol–water partition coefficient (Wildman–Crippen LogP) is 3.91. The molecule has 1 fully saturated rings. The zero-order valence-electron chi connectivity index (χ0n) is 12.7. The zero-order chi connectivity index (χ0) is 14.7. The van der Waals surface area contributed by atoms with E-state index in [9.17, 15) is 0 Å². The molecule has 1 aliphatic rings. The van der Waals surface area contributed by atoms with Gasteiger partial charge in [0, 0.05) is 16.9 Å². The van der Waals surface area contributed by atoms with Crippen LogP contribution in [0.2, 0.25) is 0 Å². The van der Waals surface area contributed by atoms with Gasteiger partial charge in [-0.05, 0) is 38.1 Å². The van der Waals surface area contributed by atoms with Gasteiger partial charge in [-0.15, -0.1) is 0 Å². The molecule has 4 heteroatoms. The third-order valence-corrected chi connectivity index (χ3v) is 4.84. The van der Waals surface area contributed by atoms with E-state index in [1.54, 1.807) is 0 Å². The lowest BCUT2D eigenvalue weighted by molar-refractivity contribution is 0.0414. The number of ether oxygens (including phenoxy) is 1. The Morgan fingerprint density at radius 3 is 3.05 bits per heavy atom. The van der Waals surface area contributed by atoms with Gasteiger partial charge < -0.3 is 14.5 Å². The van der Waals surface area contributed by atoms with Crippen LogP contribution in [0.3, 0.4) is 0 Å². The average Bonchev–Trinajstić information content (AvgIpc) is 2.91. The first-order valence-corrected chi connectivity index (χ1v) is 8.86. The molecule has 0 saturated carbocycles. The third kappa shape index (κ3) is 3.44. The highest BCUT2D eigenvalue weighted by molar-refractivity contribution is 7.99. The summed E-state index contributed by atoms with van der Waals surface area (Å²) in [4.78, 5) is 0. The molecule has 21 heavy (non-hydrogen) atoms. The molecule has 3 rings (SSSR count). The lowest BCUT2D eigenvalue weighted by atomic mass is 10.1. The van der Waals surface area contributed by atoms with Crippen molar-refractivity contribution in [3.05, 3.63) is 35.6 Å². The van der Waals surface area contributed by atoms with E-state index in [1.165, 1.54) is 10.9 Å². The lowest BCUT2D eigenvalue weighted by Gasteiger charge is -2.29. The molecule has 3 nitrogen and oxygen atoms in total. The fourth-order valence-electron chi connectivity index (χ4n) is 2.75. The topological polar surface area (TPSA) is 34.4 Å². The highest BCUT2D eigenvalue weighted by Gasteiger charge is 2.28. The van der Waals surface area contributed by atoms with Gasteiger partial charge in [-0.25, -0.2) is 0 Å². The molecule has 2 aromatic rings. The summed E-state index contributed by atoms with van der Waals surface area (Å²) in [6, 6.07) is 8.64. The Hall–Kier alpha value is -0.970.